The largest absolute Gasteiger partial charge is 0.371 e. The van der Waals surface area contributed by atoms with Gasteiger partial charge in [0, 0.05) is 19.6 Å². The highest BCUT2D eigenvalue weighted by atomic mass is 32.2. The molecule has 2 unspecified atom stereocenters. The minimum atomic E-state index is -3.69. The van der Waals surface area contributed by atoms with Gasteiger partial charge >= 0.3 is 0 Å². The first-order valence-corrected chi connectivity index (χ1v) is 11.9. The molecular weight excluding hydrogens is 402 g/mol. The Morgan fingerprint density at radius 2 is 1.90 bits per heavy atom. The fourth-order valence-electron chi connectivity index (χ4n) is 4.21. The number of rotatable bonds is 6. The van der Waals surface area contributed by atoms with E-state index in [9.17, 15) is 8.42 Å². The van der Waals surface area contributed by atoms with E-state index in [1.54, 1.807) is 12.1 Å². The number of aryl methyl sites for hydroxylation is 1. The molecule has 2 fully saturated rings. The molecule has 1 spiro atoms. The fraction of sp³-hybridized carbons (Fsp3) is 0.478. The average molecular weight is 432 g/mol. The van der Waals surface area contributed by atoms with Crippen molar-refractivity contribution in [3.63, 3.8) is 0 Å². The Hall–Kier alpha value is -1.77. The predicted octanol–water partition coefficient (Wildman–Crippen LogP) is 3.67. The van der Waals surface area contributed by atoms with Crippen molar-refractivity contribution in [2.75, 3.05) is 26.3 Å². The Labute approximate surface area is 178 Å². The molecule has 0 saturated carbocycles. The molecule has 6 nitrogen and oxygen atoms in total. The third-order valence-corrected chi connectivity index (χ3v) is 7.53. The van der Waals surface area contributed by atoms with E-state index in [0.29, 0.717) is 19.6 Å². The smallest absolute Gasteiger partial charge is 0.243 e. The molecule has 0 aromatic heterocycles. The quantitative estimate of drug-likeness (QED) is 0.698. The highest BCUT2D eigenvalue weighted by molar-refractivity contribution is 7.89. The van der Waals surface area contributed by atoms with Gasteiger partial charge in [-0.3, -0.25) is 0 Å². The normalized spacial score (nSPS) is 26.1. The van der Waals surface area contributed by atoms with E-state index in [1.165, 1.54) is 4.31 Å². The standard InChI is InChI=1S/C23H29NO5S/c1-3-27-22(19-8-5-4-6-9-19)21-16-24(17-23(29-21)14-7-15-28-23)30(25,26)20-12-10-18(2)11-13-20/h4-6,8-13,21-22H,3,7,14-17H2,1-2H3/t21?,22-,23?/m0/s1. The zero-order valence-electron chi connectivity index (χ0n) is 17.5. The van der Waals surface area contributed by atoms with Crippen LogP contribution in [-0.2, 0) is 24.2 Å². The van der Waals surface area contributed by atoms with E-state index < -0.39 is 21.9 Å². The Morgan fingerprint density at radius 1 is 1.17 bits per heavy atom. The lowest BCUT2D eigenvalue weighted by molar-refractivity contribution is -0.280. The molecule has 7 heteroatoms. The topological polar surface area (TPSA) is 65.1 Å². The van der Waals surface area contributed by atoms with E-state index in [-0.39, 0.29) is 24.1 Å². The number of nitrogens with zero attached hydrogens (tertiary/aromatic N) is 1. The third-order valence-electron chi connectivity index (χ3n) is 5.70. The van der Waals surface area contributed by atoms with Crippen molar-refractivity contribution in [1.29, 1.82) is 0 Å². The highest BCUT2D eigenvalue weighted by Gasteiger charge is 2.49. The number of sulfonamides is 1. The van der Waals surface area contributed by atoms with Crippen LogP contribution in [0.3, 0.4) is 0 Å². The number of benzene rings is 2. The lowest BCUT2D eigenvalue weighted by atomic mass is 10.0. The average Bonchev–Trinajstić information content (AvgIpc) is 3.19. The molecular formula is C23H29NO5S. The van der Waals surface area contributed by atoms with Crippen LogP contribution in [0.15, 0.2) is 59.5 Å². The molecule has 0 radical (unpaired) electrons. The summed E-state index contributed by atoms with van der Waals surface area (Å²) >= 11 is 0. The van der Waals surface area contributed by atoms with Gasteiger partial charge in [0.05, 0.1) is 18.0 Å². The first kappa shape index (κ1) is 21.5. The first-order chi connectivity index (χ1) is 14.4. The van der Waals surface area contributed by atoms with Crippen LogP contribution < -0.4 is 0 Å². The lowest BCUT2D eigenvalue weighted by Gasteiger charge is -2.45. The second-order valence-electron chi connectivity index (χ2n) is 7.92. The van der Waals surface area contributed by atoms with Crippen LogP contribution in [0.5, 0.6) is 0 Å². The van der Waals surface area contributed by atoms with Gasteiger partial charge in [-0.25, -0.2) is 8.42 Å². The van der Waals surface area contributed by atoms with Crippen LogP contribution in [0.2, 0.25) is 0 Å². The van der Waals surface area contributed by atoms with Crippen LogP contribution in [0, 0.1) is 6.92 Å². The minimum absolute atomic E-state index is 0.188. The van der Waals surface area contributed by atoms with Gasteiger partial charge in [0.15, 0.2) is 5.79 Å². The minimum Gasteiger partial charge on any atom is -0.371 e. The van der Waals surface area contributed by atoms with Gasteiger partial charge in [-0.15, -0.1) is 0 Å². The summed E-state index contributed by atoms with van der Waals surface area (Å²) < 4.78 is 46.9. The zero-order chi connectivity index (χ0) is 21.2. The van der Waals surface area contributed by atoms with Gasteiger partial charge in [0.2, 0.25) is 10.0 Å². The van der Waals surface area contributed by atoms with Crippen molar-refractivity contribution in [2.45, 2.75) is 49.6 Å². The van der Waals surface area contributed by atoms with Gasteiger partial charge in [-0.1, -0.05) is 48.0 Å². The maximum atomic E-state index is 13.5. The molecule has 2 saturated heterocycles. The molecule has 2 aliphatic heterocycles. The van der Waals surface area contributed by atoms with Gasteiger partial charge in [-0.05, 0) is 38.0 Å². The monoisotopic (exact) mass is 431 g/mol. The van der Waals surface area contributed by atoms with E-state index in [2.05, 4.69) is 0 Å². The summed E-state index contributed by atoms with van der Waals surface area (Å²) in [5.41, 5.74) is 1.98. The maximum Gasteiger partial charge on any atom is 0.243 e. The van der Waals surface area contributed by atoms with E-state index in [1.807, 2.05) is 56.3 Å². The molecule has 2 aromatic rings. The van der Waals surface area contributed by atoms with Gasteiger partial charge in [0.1, 0.15) is 12.2 Å². The molecule has 2 aliphatic rings. The number of morpholine rings is 1. The molecule has 30 heavy (non-hydrogen) atoms. The molecule has 4 rings (SSSR count). The fourth-order valence-corrected chi connectivity index (χ4v) is 5.70. The summed E-state index contributed by atoms with van der Waals surface area (Å²) in [4.78, 5) is 0.287. The predicted molar refractivity (Wildman–Crippen MR) is 114 cm³/mol. The third kappa shape index (κ3) is 4.31. The van der Waals surface area contributed by atoms with Crippen molar-refractivity contribution < 1.29 is 22.6 Å². The molecule has 2 heterocycles. The summed E-state index contributed by atoms with van der Waals surface area (Å²) in [6, 6.07) is 16.8. The first-order valence-electron chi connectivity index (χ1n) is 10.5. The summed E-state index contributed by atoms with van der Waals surface area (Å²) in [5.74, 6) is -0.926. The Morgan fingerprint density at radius 3 is 2.53 bits per heavy atom. The van der Waals surface area contributed by atoms with Crippen molar-refractivity contribution >= 4 is 10.0 Å². The van der Waals surface area contributed by atoms with Gasteiger partial charge in [-0.2, -0.15) is 4.31 Å². The van der Waals surface area contributed by atoms with Crippen molar-refractivity contribution in [3.05, 3.63) is 65.7 Å². The van der Waals surface area contributed by atoms with Crippen LogP contribution in [0.4, 0.5) is 0 Å². The van der Waals surface area contributed by atoms with Crippen LogP contribution in [-0.4, -0.2) is 50.9 Å². The summed E-state index contributed by atoms with van der Waals surface area (Å²) in [6.07, 6.45) is 0.653. The number of ether oxygens (including phenoxy) is 3. The lowest BCUT2D eigenvalue weighted by Crippen LogP contribution is -2.58. The SMILES string of the molecule is CCO[C@@H](c1ccccc1)C1CN(S(=O)(=O)c2ccc(C)cc2)CC2(CCCO2)O1. The van der Waals surface area contributed by atoms with Crippen LogP contribution in [0.25, 0.3) is 0 Å². The second-order valence-corrected chi connectivity index (χ2v) is 9.85. The van der Waals surface area contributed by atoms with Crippen molar-refractivity contribution in [1.82, 2.24) is 4.31 Å². The van der Waals surface area contributed by atoms with Crippen LogP contribution in [0.1, 0.15) is 37.0 Å². The number of hydrogen-bond donors (Lipinski definition) is 0. The molecule has 0 amide bonds. The molecule has 0 bridgehead atoms. The zero-order valence-corrected chi connectivity index (χ0v) is 18.3. The van der Waals surface area contributed by atoms with Gasteiger partial charge in [0.25, 0.3) is 0 Å². The Balaban J connectivity index is 1.69. The highest BCUT2D eigenvalue weighted by Crippen LogP contribution is 2.39. The Bertz CT molecular complexity index is 939. The summed E-state index contributed by atoms with van der Waals surface area (Å²) in [7, 11) is -3.69. The number of hydrogen-bond acceptors (Lipinski definition) is 5. The summed E-state index contributed by atoms with van der Waals surface area (Å²) in [6.45, 7) is 5.33. The van der Waals surface area contributed by atoms with Gasteiger partial charge < -0.3 is 14.2 Å². The molecule has 162 valence electrons. The van der Waals surface area contributed by atoms with Crippen molar-refractivity contribution in [3.8, 4) is 0 Å². The molecule has 2 aromatic carbocycles. The van der Waals surface area contributed by atoms with E-state index >= 15 is 0 Å². The molecule has 0 N–H and O–H groups in total. The maximum absolute atomic E-state index is 13.5. The van der Waals surface area contributed by atoms with Crippen LogP contribution >= 0.6 is 0 Å². The van der Waals surface area contributed by atoms with Crippen molar-refractivity contribution in [2.24, 2.45) is 0 Å². The Kier molecular flexibility index (Phi) is 6.27. The summed E-state index contributed by atoms with van der Waals surface area (Å²) in [5, 5.41) is 0. The second kappa shape index (κ2) is 8.77. The van der Waals surface area contributed by atoms with E-state index in [0.717, 1.165) is 17.5 Å². The molecule has 3 atom stereocenters. The van der Waals surface area contributed by atoms with E-state index in [4.69, 9.17) is 14.2 Å². The molecule has 0 aliphatic carbocycles.